The summed E-state index contributed by atoms with van der Waals surface area (Å²) in [5.74, 6) is 0.679. The number of carbonyl (C=O) groups excluding carboxylic acids is 1. The van der Waals surface area contributed by atoms with Crippen LogP contribution in [0.2, 0.25) is 0 Å². The molecule has 1 N–H and O–H groups in total. The summed E-state index contributed by atoms with van der Waals surface area (Å²) < 4.78 is 10.8. The van der Waals surface area contributed by atoms with Gasteiger partial charge in [0.1, 0.15) is 11.5 Å². The standard InChI is InChI=1S/C25H23NO4/c1-29-20-14-13-19(21(15-20)30-2)16-26-23(18-11-7-4-8-12-18)22(24(27)25(26)28)17-9-5-3-6-10-17/h3-15,23,27H,16H2,1-2H3/t23-/m0/s1. The van der Waals surface area contributed by atoms with E-state index in [0.717, 1.165) is 16.7 Å². The number of benzene rings is 3. The maximum atomic E-state index is 13.2. The van der Waals surface area contributed by atoms with Crippen molar-refractivity contribution < 1.29 is 19.4 Å². The van der Waals surface area contributed by atoms with Crippen LogP contribution in [0.5, 0.6) is 11.5 Å². The van der Waals surface area contributed by atoms with Crippen LogP contribution in [0.25, 0.3) is 5.57 Å². The average Bonchev–Trinajstić information content (AvgIpc) is 3.05. The number of rotatable bonds is 6. The molecule has 1 heterocycles. The number of methoxy groups -OCH3 is 2. The van der Waals surface area contributed by atoms with Crippen LogP contribution >= 0.6 is 0 Å². The molecule has 5 heteroatoms. The number of nitrogens with zero attached hydrogens (tertiary/aromatic N) is 1. The van der Waals surface area contributed by atoms with Crippen LogP contribution in [0.4, 0.5) is 0 Å². The summed E-state index contributed by atoms with van der Waals surface area (Å²) in [4.78, 5) is 14.8. The first kappa shape index (κ1) is 19.6. The van der Waals surface area contributed by atoms with Crippen molar-refractivity contribution in [1.82, 2.24) is 4.90 Å². The van der Waals surface area contributed by atoms with Crippen molar-refractivity contribution in [3.05, 3.63) is 101 Å². The zero-order chi connectivity index (χ0) is 21.1. The molecule has 1 atom stereocenters. The van der Waals surface area contributed by atoms with Crippen molar-refractivity contribution in [2.24, 2.45) is 0 Å². The highest BCUT2D eigenvalue weighted by molar-refractivity contribution is 6.05. The molecular weight excluding hydrogens is 378 g/mol. The van der Waals surface area contributed by atoms with Gasteiger partial charge in [-0.25, -0.2) is 0 Å². The normalized spacial score (nSPS) is 16.1. The van der Waals surface area contributed by atoms with Gasteiger partial charge in [-0.05, 0) is 23.3 Å². The van der Waals surface area contributed by atoms with E-state index in [2.05, 4.69) is 0 Å². The first-order chi connectivity index (χ1) is 14.6. The van der Waals surface area contributed by atoms with Crippen molar-refractivity contribution in [1.29, 1.82) is 0 Å². The summed E-state index contributed by atoms with van der Waals surface area (Å²) in [6.07, 6.45) is 0. The van der Waals surface area contributed by atoms with Crippen LogP contribution < -0.4 is 9.47 Å². The molecule has 0 spiro atoms. The van der Waals surface area contributed by atoms with E-state index in [1.165, 1.54) is 0 Å². The smallest absolute Gasteiger partial charge is 0.290 e. The van der Waals surface area contributed by atoms with E-state index in [1.807, 2.05) is 72.8 Å². The molecule has 0 radical (unpaired) electrons. The molecule has 1 amide bonds. The van der Waals surface area contributed by atoms with Crippen molar-refractivity contribution in [2.45, 2.75) is 12.6 Å². The number of carbonyl (C=O) groups is 1. The summed E-state index contributed by atoms with van der Waals surface area (Å²) in [6.45, 7) is 0.284. The Hall–Kier alpha value is -3.73. The number of hydrogen-bond acceptors (Lipinski definition) is 4. The third-order valence-corrected chi connectivity index (χ3v) is 5.34. The van der Waals surface area contributed by atoms with Crippen LogP contribution in [0.15, 0.2) is 84.6 Å². The van der Waals surface area contributed by atoms with E-state index in [9.17, 15) is 9.90 Å². The number of aliphatic hydroxyl groups is 1. The zero-order valence-corrected chi connectivity index (χ0v) is 16.9. The van der Waals surface area contributed by atoms with Crippen LogP contribution in [-0.2, 0) is 11.3 Å². The molecule has 1 aliphatic heterocycles. The first-order valence-electron chi connectivity index (χ1n) is 9.69. The molecule has 0 aliphatic carbocycles. The minimum atomic E-state index is -0.409. The highest BCUT2D eigenvalue weighted by Crippen LogP contribution is 2.44. The first-order valence-corrected chi connectivity index (χ1v) is 9.69. The maximum Gasteiger partial charge on any atom is 0.290 e. The summed E-state index contributed by atoms with van der Waals surface area (Å²) in [5, 5.41) is 10.8. The second-order valence-corrected chi connectivity index (χ2v) is 7.05. The molecule has 0 unspecified atom stereocenters. The Labute approximate surface area is 175 Å². The second-order valence-electron chi connectivity index (χ2n) is 7.05. The zero-order valence-electron chi connectivity index (χ0n) is 16.9. The molecule has 30 heavy (non-hydrogen) atoms. The van der Waals surface area contributed by atoms with E-state index in [4.69, 9.17) is 9.47 Å². The lowest BCUT2D eigenvalue weighted by Gasteiger charge is -2.28. The van der Waals surface area contributed by atoms with Gasteiger partial charge in [0.25, 0.3) is 5.91 Å². The molecule has 5 nitrogen and oxygen atoms in total. The number of aliphatic hydroxyl groups excluding tert-OH is 1. The monoisotopic (exact) mass is 401 g/mol. The van der Waals surface area contributed by atoms with Crippen LogP contribution in [-0.4, -0.2) is 30.1 Å². The quantitative estimate of drug-likeness (QED) is 0.647. The highest BCUT2D eigenvalue weighted by Gasteiger charge is 2.41. The van der Waals surface area contributed by atoms with Gasteiger partial charge in [0.15, 0.2) is 5.76 Å². The molecule has 0 bridgehead atoms. The van der Waals surface area contributed by atoms with E-state index in [0.29, 0.717) is 17.1 Å². The predicted octanol–water partition coefficient (Wildman–Crippen LogP) is 4.76. The van der Waals surface area contributed by atoms with Crippen molar-refractivity contribution >= 4 is 11.5 Å². The topological polar surface area (TPSA) is 59.0 Å². The fraction of sp³-hybridized carbons (Fsp3) is 0.160. The third-order valence-electron chi connectivity index (χ3n) is 5.34. The average molecular weight is 401 g/mol. The Balaban J connectivity index is 1.79. The van der Waals surface area contributed by atoms with Gasteiger partial charge in [0, 0.05) is 17.2 Å². The molecular formula is C25H23NO4. The molecule has 3 aromatic carbocycles. The van der Waals surface area contributed by atoms with Crippen molar-refractivity contribution in [3.63, 3.8) is 0 Å². The van der Waals surface area contributed by atoms with Gasteiger partial charge in [-0.2, -0.15) is 0 Å². The van der Waals surface area contributed by atoms with Gasteiger partial charge in [0.2, 0.25) is 0 Å². The molecule has 4 rings (SSSR count). The SMILES string of the molecule is COc1ccc(CN2C(=O)C(O)=C(c3ccccc3)[C@@H]2c2ccccc2)c(OC)c1. The van der Waals surface area contributed by atoms with E-state index < -0.39 is 11.9 Å². The summed E-state index contributed by atoms with van der Waals surface area (Å²) in [6, 6.07) is 24.4. The predicted molar refractivity (Wildman–Crippen MR) is 115 cm³/mol. The third kappa shape index (κ3) is 3.50. The Morgan fingerprint density at radius 3 is 2.20 bits per heavy atom. The molecule has 3 aromatic rings. The molecule has 1 aliphatic rings. The maximum absolute atomic E-state index is 13.2. The largest absolute Gasteiger partial charge is 0.503 e. The van der Waals surface area contributed by atoms with Gasteiger partial charge < -0.3 is 19.5 Å². The van der Waals surface area contributed by atoms with E-state index in [-0.39, 0.29) is 12.3 Å². The lowest BCUT2D eigenvalue weighted by Crippen LogP contribution is -2.30. The summed E-state index contributed by atoms with van der Waals surface area (Å²) >= 11 is 0. The number of hydrogen-bond donors (Lipinski definition) is 1. The summed E-state index contributed by atoms with van der Waals surface area (Å²) in [5.41, 5.74) is 3.19. The molecule has 0 fully saturated rings. The Kier molecular flexibility index (Phi) is 5.44. The fourth-order valence-electron chi connectivity index (χ4n) is 3.88. The van der Waals surface area contributed by atoms with Gasteiger partial charge >= 0.3 is 0 Å². The molecule has 152 valence electrons. The lowest BCUT2D eigenvalue weighted by molar-refractivity contribution is -0.130. The Bertz CT molecular complexity index is 1080. The van der Waals surface area contributed by atoms with Gasteiger partial charge in [0.05, 0.1) is 26.8 Å². The molecule has 0 saturated heterocycles. The van der Waals surface area contributed by atoms with Crippen LogP contribution in [0.1, 0.15) is 22.7 Å². The highest BCUT2D eigenvalue weighted by atomic mass is 16.5. The second kappa shape index (κ2) is 8.33. The fourth-order valence-corrected chi connectivity index (χ4v) is 3.88. The molecule has 0 aromatic heterocycles. The number of amides is 1. The van der Waals surface area contributed by atoms with E-state index >= 15 is 0 Å². The summed E-state index contributed by atoms with van der Waals surface area (Å²) in [7, 11) is 3.18. The van der Waals surface area contributed by atoms with Gasteiger partial charge in [-0.1, -0.05) is 60.7 Å². The minimum Gasteiger partial charge on any atom is -0.503 e. The van der Waals surface area contributed by atoms with Crippen molar-refractivity contribution in [3.8, 4) is 11.5 Å². The van der Waals surface area contributed by atoms with Crippen molar-refractivity contribution in [2.75, 3.05) is 14.2 Å². The van der Waals surface area contributed by atoms with Gasteiger partial charge in [-0.15, -0.1) is 0 Å². The lowest BCUT2D eigenvalue weighted by atomic mass is 9.93. The minimum absolute atomic E-state index is 0.220. The Morgan fingerprint density at radius 1 is 0.900 bits per heavy atom. The van der Waals surface area contributed by atoms with Crippen LogP contribution in [0, 0.1) is 0 Å². The van der Waals surface area contributed by atoms with E-state index in [1.54, 1.807) is 25.2 Å². The van der Waals surface area contributed by atoms with Gasteiger partial charge in [-0.3, -0.25) is 4.79 Å². The molecule has 0 saturated carbocycles. The Morgan fingerprint density at radius 2 is 1.57 bits per heavy atom. The number of ether oxygens (including phenoxy) is 2. The van der Waals surface area contributed by atoms with Crippen LogP contribution in [0.3, 0.4) is 0 Å².